The molecule has 3 atom stereocenters. The van der Waals surface area contributed by atoms with Crippen LogP contribution in [0, 0.1) is 12.8 Å². The van der Waals surface area contributed by atoms with Crippen LogP contribution < -0.4 is 5.32 Å². The molecule has 1 aromatic heterocycles. The minimum atomic E-state index is 0.407. The second-order valence-electron chi connectivity index (χ2n) is 5.14. The molecule has 4 heteroatoms. The molecular weight excluding hydrogens is 214 g/mol. The van der Waals surface area contributed by atoms with Crippen LogP contribution in [0.2, 0.25) is 0 Å². The number of likely N-dealkylation sites (N-methyl/N-ethyl adjacent to an activating group) is 1. The molecule has 0 aromatic carbocycles. The van der Waals surface area contributed by atoms with Crippen LogP contribution in [-0.2, 0) is 18.2 Å². The molecule has 0 bridgehead atoms. The predicted octanol–water partition coefficient (Wildman–Crippen LogP) is 1.28. The van der Waals surface area contributed by atoms with Gasteiger partial charge in [0.1, 0.15) is 0 Å². The number of aromatic nitrogens is 2. The molecule has 4 nitrogen and oxygen atoms in total. The number of hydrogen-bond acceptors (Lipinski definition) is 3. The van der Waals surface area contributed by atoms with Gasteiger partial charge in [0.2, 0.25) is 0 Å². The number of nitrogens with zero attached hydrogens (tertiary/aromatic N) is 2. The van der Waals surface area contributed by atoms with Gasteiger partial charge in [-0.2, -0.15) is 5.10 Å². The highest BCUT2D eigenvalue weighted by Gasteiger charge is 2.29. The van der Waals surface area contributed by atoms with E-state index in [9.17, 15) is 0 Å². The molecule has 1 aromatic rings. The Hall–Kier alpha value is -0.870. The quantitative estimate of drug-likeness (QED) is 0.857. The third-order valence-corrected chi connectivity index (χ3v) is 3.70. The van der Waals surface area contributed by atoms with Crippen molar-refractivity contribution in [2.45, 2.75) is 38.8 Å². The first-order valence-corrected chi connectivity index (χ1v) is 6.38. The topological polar surface area (TPSA) is 39.1 Å². The van der Waals surface area contributed by atoms with E-state index in [0.29, 0.717) is 18.1 Å². The standard InChI is InChI=1S/C13H23N3O/c1-9-5-12(16(4)15-9)7-13(14-3)11-6-10(2)17-8-11/h5,10-11,13-14H,6-8H2,1-4H3. The highest BCUT2D eigenvalue weighted by Crippen LogP contribution is 2.24. The van der Waals surface area contributed by atoms with E-state index < -0.39 is 0 Å². The lowest BCUT2D eigenvalue weighted by atomic mass is 9.93. The molecule has 3 unspecified atom stereocenters. The van der Waals surface area contributed by atoms with E-state index in [1.807, 2.05) is 25.7 Å². The molecule has 0 saturated carbocycles. The van der Waals surface area contributed by atoms with Crippen molar-refractivity contribution in [1.29, 1.82) is 0 Å². The fourth-order valence-corrected chi connectivity index (χ4v) is 2.72. The highest BCUT2D eigenvalue weighted by molar-refractivity contribution is 5.10. The van der Waals surface area contributed by atoms with Crippen LogP contribution in [0.25, 0.3) is 0 Å². The third kappa shape index (κ3) is 2.87. The first kappa shape index (κ1) is 12.6. The van der Waals surface area contributed by atoms with Crippen molar-refractivity contribution in [3.8, 4) is 0 Å². The molecule has 1 aliphatic heterocycles. The smallest absolute Gasteiger partial charge is 0.0596 e. The predicted molar refractivity (Wildman–Crippen MR) is 68.0 cm³/mol. The number of ether oxygens (including phenoxy) is 1. The Labute approximate surface area is 103 Å². The molecule has 2 rings (SSSR count). The monoisotopic (exact) mass is 237 g/mol. The molecule has 0 radical (unpaired) electrons. The zero-order valence-corrected chi connectivity index (χ0v) is 11.2. The summed E-state index contributed by atoms with van der Waals surface area (Å²) < 4.78 is 7.64. The maximum absolute atomic E-state index is 5.66. The van der Waals surface area contributed by atoms with E-state index in [4.69, 9.17) is 4.74 Å². The van der Waals surface area contributed by atoms with Gasteiger partial charge in [0, 0.05) is 31.1 Å². The van der Waals surface area contributed by atoms with Crippen LogP contribution in [0.3, 0.4) is 0 Å². The van der Waals surface area contributed by atoms with Crippen molar-refractivity contribution in [3.05, 3.63) is 17.5 Å². The number of aryl methyl sites for hydroxylation is 2. The lowest BCUT2D eigenvalue weighted by Gasteiger charge is -2.21. The van der Waals surface area contributed by atoms with Gasteiger partial charge in [0.25, 0.3) is 0 Å². The van der Waals surface area contributed by atoms with E-state index in [2.05, 4.69) is 23.4 Å². The van der Waals surface area contributed by atoms with Crippen LogP contribution in [0.15, 0.2) is 6.07 Å². The molecule has 1 N–H and O–H groups in total. The second-order valence-corrected chi connectivity index (χ2v) is 5.14. The maximum Gasteiger partial charge on any atom is 0.0596 e. The fraction of sp³-hybridized carbons (Fsp3) is 0.769. The van der Waals surface area contributed by atoms with Crippen molar-refractivity contribution in [2.24, 2.45) is 13.0 Å². The summed E-state index contributed by atoms with van der Waals surface area (Å²) in [4.78, 5) is 0. The Morgan fingerprint density at radius 1 is 1.65 bits per heavy atom. The Morgan fingerprint density at radius 2 is 2.41 bits per heavy atom. The number of nitrogens with one attached hydrogen (secondary N) is 1. The van der Waals surface area contributed by atoms with Gasteiger partial charge in [-0.15, -0.1) is 0 Å². The van der Waals surface area contributed by atoms with Crippen LogP contribution in [0.1, 0.15) is 24.7 Å². The Balaban J connectivity index is 2.02. The number of rotatable bonds is 4. The lowest BCUT2D eigenvalue weighted by Crippen LogP contribution is -2.36. The van der Waals surface area contributed by atoms with Gasteiger partial charge in [-0.25, -0.2) is 0 Å². The van der Waals surface area contributed by atoms with Gasteiger partial charge in [-0.05, 0) is 33.4 Å². The van der Waals surface area contributed by atoms with Crippen molar-refractivity contribution in [3.63, 3.8) is 0 Å². The zero-order valence-electron chi connectivity index (χ0n) is 11.2. The molecule has 1 saturated heterocycles. The van der Waals surface area contributed by atoms with Crippen molar-refractivity contribution >= 4 is 0 Å². The molecule has 0 aliphatic carbocycles. The zero-order chi connectivity index (χ0) is 12.4. The maximum atomic E-state index is 5.66. The summed E-state index contributed by atoms with van der Waals surface area (Å²) in [6.45, 7) is 5.07. The largest absolute Gasteiger partial charge is 0.378 e. The highest BCUT2D eigenvalue weighted by atomic mass is 16.5. The molecule has 96 valence electrons. The summed E-state index contributed by atoms with van der Waals surface area (Å²) in [5.74, 6) is 0.616. The summed E-state index contributed by atoms with van der Waals surface area (Å²) in [5.41, 5.74) is 2.38. The Kier molecular flexibility index (Phi) is 3.84. The normalized spacial score (nSPS) is 26.4. The molecular formula is C13H23N3O. The first-order valence-electron chi connectivity index (χ1n) is 6.38. The van der Waals surface area contributed by atoms with Crippen LogP contribution in [0.5, 0.6) is 0 Å². The van der Waals surface area contributed by atoms with E-state index in [1.165, 1.54) is 5.69 Å². The van der Waals surface area contributed by atoms with Gasteiger partial charge in [-0.1, -0.05) is 0 Å². The summed E-state index contributed by atoms with van der Waals surface area (Å²) in [6, 6.07) is 2.65. The Morgan fingerprint density at radius 3 is 2.88 bits per heavy atom. The minimum absolute atomic E-state index is 0.407. The summed E-state index contributed by atoms with van der Waals surface area (Å²) >= 11 is 0. The summed E-state index contributed by atoms with van der Waals surface area (Å²) in [6.07, 6.45) is 2.58. The SMILES string of the molecule is CNC(Cc1cc(C)nn1C)C1COC(C)C1. The Bertz CT molecular complexity index is 375. The molecule has 17 heavy (non-hydrogen) atoms. The summed E-state index contributed by atoms with van der Waals surface area (Å²) in [5, 5.41) is 7.83. The molecule has 0 amide bonds. The van der Waals surface area contributed by atoms with E-state index >= 15 is 0 Å². The van der Waals surface area contributed by atoms with E-state index in [0.717, 1.165) is 25.1 Å². The fourth-order valence-electron chi connectivity index (χ4n) is 2.72. The second kappa shape index (κ2) is 5.19. The molecule has 2 heterocycles. The van der Waals surface area contributed by atoms with E-state index in [1.54, 1.807) is 0 Å². The molecule has 0 spiro atoms. The van der Waals surface area contributed by atoms with Gasteiger partial charge in [0.05, 0.1) is 18.4 Å². The van der Waals surface area contributed by atoms with Gasteiger partial charge in [-0.3, -0.25) is 4.68 Å². The van der Waals surface area contributed by atoms with Gasteiger partial charge < -0.3 is 10.1 Å². The van der Waals surface area contributed by atoms with Crippen LogP contribution >= 0.6 is 0 Å². The lowest BCUT2D eigenvalue weighted by molar-refractivity contribution is 0.117. The minimum Gasteiger partial charge on any atom is -0.378 e. The summed E-state index contributed by atoms with van der Waals surface area (Å²) in [7, 11) is 4.06. The molecule has 1 fully saturated rings. The van der Waals surface area contributed by atoms with Crippen LogP contribution in [0.4, 0.5) is 0 Å². The average molecular weight is 237 g/mol. The number of hydrogen-bond donors (Lipinski definition) is 1. The van der Waals surface area contributed by atoms with Gasteiger partial charge >= 0.3 is 0 Å². The van der Waals surface area contributed by atoms with E-state index in [-0.39, 0.29) is 0 Å². The van der Waals surface area contributed by atoms with Gasteiger partial charge in [0.15, 0.2) is 0 Å². The van der Waals surface area contributed by atoms with Crippen molar-refractivity contribution in [1.82, 2.24) is 15.1 Å². The average Bonchev–Trinajstić information content (AvgIpc) is 2.82. The van der Waals surface area contributed by atoms with Crippen molar-refractivity contribution < 1.29 is 4.74 Å². The van der Waals surface area contributed by atoms with Crippen LogP contribution in [-0.4, -0.2) is 35.6 Å². The molecule has 1 aliphatic rings. The van der Waals surface area contributed by atoms with Crippen molar-refractivity contribution in [2.75, 3.05) is 13.7 Å². The third-order valence-electron chi connectivity index (χ3n) is 3.70. The first-order chi connectivity index (χ1) is 8.10.